The van der Waals surface area contributed by atoms with Crippen LogP contribution in [0.1, 0.15) is 23.6 Å². The van der Waals surface area contributed by atoms with Gasteiger partial charge >= 0.3 is 0 Å². The molecule has 1 fully saturated rings. The third-order valence-corrected chi connectivity index (χ3v) is 4.51. The molecule has 0 aliphatic carbocycles. The van der Waals surface area contributed by atoms with Crippen molar-refractivity contribution in [3.8, 4) is 5.75 Å². The standard InChI is InChI=1S/C21H20N2O3S/c1-4-26-18-8-6-5-7-15(18)12-16-19(24)22-21(27)23(20(16)25)17-11-13(2)9-10-14(17)3/h5-12H,4H2,1-3H3,(H,22,24,27)/b16-12+. The normalized spacial score (nSPS) is 15.9. The van der Waals surface area contributed by atoms with Crippen LogP contribution in [0.3, 0.4) is 0 Å². The summed E-state index contributed by atoms with van der Waals surface area (Å²) >= 11 is 5.27. The molecule has 27 heavy (non-hydrogen) atoms. The van der Waals surface area contributed by atoms with E-state index in [-0.39, 0.29) is 10.7 Å². The molecule has 1 saturated heterocycles. The molecule has 1 aliphatic rings. The third kappa shape index (κ3) is 3.75. The van der Waals surface area contributed by atoms with Gasteiger partial charge < -0.3 is 4.74 Å². The lowest BCUT2D eigenvalue weighted by molar-refractivity contribution is -0.122. The Bertz CT molecular complexity index is 966. The highest BCUT2D eigenvalue weighted by Crippen LogP contribution is 2.28. The largest absolute Gasteiger partial charge is 0.493 e. The van der Waals surface area contributed by atoms with Crippen molar-refractivity contribution >= 4 is 40.9 Å². The first-order chi connectivity index (χ1) is 12.9. The molecule has 138 valence electrons. The van der Waals surface area contributed by atoms with Gasteiger partial charge in [0, 0.05) is 5.56 Å². The second-order valence-electron chi connectivity index (χ2n) is 6.22. The number of rotatable bonds is 4. The van der Waals surface area contributed by atoms with Crippen LogP contribution in [-0.4, -0.2) is 23.5 Å². The summed E-state index contributed by atoms with van der Waals surface area (Å²) in [6, 6.07) is 13.0. The van der Waals surface area contributed by atoms with Crippen LogP contribution in [0.2, 0.25) is 0 Å². The van der Waals surface area contributed by atoms with Gasteiger partial charge in [-0.05, 0) is 62.3 Å². The first-order valence-corrected chi connectivity index (χ1v) is 9.03. The Kier molecular flexibility index (Phi) is 5.37. The first kappa shape index (κ1) is 18.8. The summed E-state index contributed by atoms with van der Waals surface area (Å²) < 4.78 is 5.59. The molecule has 0 saturated carbocycles. The number of nitrogens with one attached hydrogen (secondary N) is 1. The highest BCUT2D eigenvalue weighted by atomic mass is 32.1. The van der Waals surface area contributed by atoms with E-state index in [0.717, 1.165) is 11.1 Å². The quantitative estimate of drug-likeness (QED) is 0.501. The molecule has 1 N–H and O–H groups in total. The maximum Gasteiger partial charge on any atom is 0.270 e. The van der Waals surface area contributed by atoms with Gasteiger partial charge in [-0.25, -0.2) is 0 Å². The van der Waals surface area contributed by atoms with E-state index in [9.17, 15) is 9.59 Å². The zero-order chi connectivity index (χ0) is 19.6. The van der Waals surface area contributed by atoms with E-state index in [1.54, 1.807) is 18.2 Å². The van der Waals surface area contributed by atoms with Gasteiger partial charge in [0.2, 0.25) is 0 Å². The molecule has 0 bridgehead atoms. The Morgan fingerprint density at radius 3 is 2.63 bits per heavy atom. The number of hydrogen-bond donors (Lipinski definition) is 1. The van der Waals surface area contributed by atoms with Crippen LogP contribution in [0.15, 0.2) is 48.0 Å². The Hall–Kier alpha value is -2.99. The van der Waals surface area contributed by atoms with E-state index < -0.39 is 11.8 Å². The number of ether oxygens (including phenoxy) is 1. The maximum atomic E-state index is 13.2. The zero-order valence-electron chi connectivity index (χ0n) is 15.4. The van der Waals surface area contributed by atoms with Crippen molar-refractivity contribution in [2.75, 3.05) is 11.5 Å². The number of benzene rings is 2. The van der Waals surface area contributed by atoms with Crippen molar-refractivity contribution < 1.29 is 14.3 Å². The molecular formula is C21H20N2O3S. The van der Waals surface area contributed by atoms with Gasteiger partial charge in [0.05, 0.1) is 12.3 Å². The number of amides is 2. The number of carbonyl (C=O) groups excluding carboxylic acids is 2. The monoisotopic (exact) mass is 380 g/mol. The summed E-state index contributed by atoms with van der Waals surface area (Å²) in [6.07, 6.45) is 1.54. The Morgan fingerprint density at radius 1 is 1.15 bits per heavy atom. The van der Waals surface area contributed by atoms with Crippen molar-refractivity contribution in [2.45, 2.75) is 20.8 Å². The second-order valence-corrected chi connectivity index (χ2v) is 6.61. The molecule has 5 nitrogen and oxygen atoms in total. The van der Waals surface area contributed by atoms with E-state index in [4.69, 9.17) is 17.0 Å². The van der Waals surface area contributed by atoms with Crippen molar-refractivity contribution in [1.29, 1.82) is 0 Å². The van der Waals surface area contributed by atoms with E-state index in [0.29, 0.717) is 23.6 Å². The van der Waals surface area contributed by atoms with Crippen molar-refractivity contribution in [3.05, 3.63) is 64.7 Å². The molecule has 3 rings (SSSR count). The van der Waals surface area contributed by atoms with Crippen molar-refractivity contribution in [3.63, 3.8) is 0 Å². The predicted molar refractivity (Wildman–Crippen MR) is 110 cm³/mol. The Labute approximate surface area is 163 Å². The summed E-state index contributed by atoms with van der Waals surface area (Å²) in [5.74, 6) is -0.360. The lowest BCUT2D eigenvalue weighted by atomic mass is 10.0. The SMILES string of the molecule is CCOc1ccccc1/C=C1\C(=O)NC(=S)N(c2cc(C)ccc2C)C1=O. The highest BCUT2D eigenvalue weighted by molar-refractivity contribution is 7.80. The number of nitrogens with zero attached hydrogens (tertiary/aromatic N) is 1. The predicted octanol–water partition coefficient (Wildman–Crippen LogP) is 3.53. The Balaban J connectivity index is 2.07. The van der Waals surface area contributed by atoms with Gasteiger partial charge in [0.25, 0.3) is 11.8 Å². The fourth-order valence-electron chi connectivity index (χ4n) is 2.88. The first-order valence-electron chi connectivity index (χ1n) is 8.63. The van der Waals surface area contributed by atoms with Crippen LogP contribution >= 0.6 is 12.2 Å². The summed E-state index contributed by atoms with van der Waals surface area (Å²) in [6.45, 7) is 6.20. The average Bonchev–Trinajstić information content (AvgIpc) is 2.63. The smallest absolute Gasteiger partial charge is 0.270 e. The number of carbonyl (C=O) groups is 2. The summed E-state index contributed by atoms with van der Waals surface area (Å²) in [5, 5.41) is 2.69. The van der Waals surface area contributed by atoms with E-state index in [1.807, 2.05) is 51.1 Å². The molecular weight excluding hydrogens is 360 g/mol. The Morgan fingerprint density at radius 2 is 1.89 bits per heavy atom. The van der Waals surface area contributed by atoms with Crippen LogP contribution < -0.4 is 15.0 Å². The number of anilines is 1. The molecule has 0 aromatic heterocycles. The van der Waals surface area contributed by atoms with Gasteiger partial charge in [-0.2, -0.15) is 0 Å². The zero-order valence-corrected chi connectivity index (χ0v) is 16.2. The topological polar surface area (TPSA) is 58.6 Å². The van der Waals surface area contributed by atoms with Crippen molar-refractivity contribution in [2.24, 2.45) is 0 Å². The summed E-state index contributed by atoms with van der Waals surface area (Å²) in [4.78, 5) is 27.0. The molecule has 0 radical (unpaired) electrons. The van der Waals surface area contributed by atoms with Crippen LogP contribution in [-0.2, 0) is 9.59 Å². The molecule has 2 aromatic rings. The van der Waals surface area contributed by atoms with Gasteiger partial charge in [-0.15, -0.1) is 0 Å². The molecule has 1 aliphatic heterocycles. The van der Waals surface area contributed by atoms with E-state index in [1.165, 1.54) is 4.90 Å². The van der Waals surface area contributed by atoms with Crippen LogP contribution in [0, 0.1) is 13.8 Å². The van der Waals surface area contributed by atoms with Gasteiger partial charge in [0.15, 0.2) is 5.11 Å². The minimum Gasteiger partial charge on any atom is -0.493 e. The number of aryl methyl sites for hydroxylation is 2. The lowest BCUT2D eigenvalue weighted by Crippen LogP contribution is -2.54. The van der Waals surface area contributed by atoms with Gasteiger partial charge in [0.1, 0.15) is 11.3 Å². The molecule has 0 unspecified atom stereocenters. The van der Waals surface area contributed by atoms with Crippen molar-refractivity contribution in [1.82, 2.24) is 5.32 Å². The fraction of sp³-hybridized carbons (Fsp3) is 0.190. The highest BCUT2D eigenvalue weighted by Gasteiger charge is 2.35. The third-order valence-electron chi connectivity index (χ3n) is 4.23. The van der Waals surface area contributed by atoms with Gasteiger partial charge in [-0.1, -0.05) is 30.3 Å². The maximum absolute atomic E-state index is 13.2. The van der Waals surface area contributed by atoms with E-state index in [2.05, 4.69) is 5.32 Å². The van der Waals surface area contributed by atoms with Crippen LogP contribution in [0.25, 0.3) is 6.08 Å². The minimum absolute atomic E-state index is 0.0108. The molecule has 6 heteroatoms. The molecule has 0 spiro atoms. The fourth-order valence-corrected chi connectivity index (χ4v) is 3.15. The molecule has 2 aromatic carbocycles. The molecule has 2 amide bonds. The average molecular weight is 380 g/mol. The molecule has 1 heterocycles. The minimum atomic E-state index is -0.516. The van der Waals surface area contributed by atoms with Gasteiger partial charge in [-0.3, -0.25) is 19.8 Å². The summed E-state index contributed by atoms with van der Waals surface area (Å²) in [7, 11) is 0. The lowest BCUT2D eigenvalue weighted by Gasteiger charge is -2.30. The number of para-hydroxylation sites is 1. The number of thiocarbonyl (C=S) groups is 1. The second kappa shape index (κ2) is 7.72. The molecule has 0 atom stereocenters. The summed E-state index contributed by atoms with van der Waals surface area (Å²) in [5.41, 5.74) is 3.22. The number of hydrogen-bond acceptors (Lipinski definition) is 4. The van der Waals surface area contributed by atoms with E-state index >= 15 is 0 Å². The van der Waals surface area contributed by atoms with Crippen LogP contribution in [0.5, 0.6) is 5.75 Å². The van der Waals surface area contributed by atoms with Crippen LogP contribution in [0.4, 0.5) is 5.69 Å².